The second kappa shape index (κ2) is 10.5. The molecule has 3 aliphatic rings. The molecule has 0 spiro atoms. The van der Waals surface area contributed by atoms with E-state index >= 15 is 0 Å². The lowest BCUT2D eigenvalue weighted by atomic mass is 9.84. The van der Waals surface area contributed by atoms with Crippen LogP contribution >= 0.6 is 0 Å². The van der Waals surface area contributed by atoms with Gasteiger partial charge in [0.05, 0.1) is 18.6 Å². The fourth-order valence-electron chi connectivity index (χ4n) is 5.93. The zero-order valence-electron chi connectivity index (χ0n) is 20.4. The normalized spacial score (nSPS) is 22.7. The van der Waals surface area contributed by atoms with Crippen LogP contribution < -0.4 is 5.32 Å². The van der Waals surface area contributed by atoms with Crippen LogP contribution in [-0.2, 0) is 16.9 Å². The highest BCUT2D eigenvalue weighted by Crippen LogP contribution is 2.39. The number of carbonyl (C=O) groups excluding carboxylic acids is 1. The summed E-state index contributed by atoms with van der Waals surface area (Å²) in [5.74, 6) is 1.06. The predicted octanol–water partition coefficient (Wildman–Crippen LogP) is 1.32. The summed E-state index contributed by atoms with van der Waals surface area (Å²) in [4.78, 5) is 19.7. The average molecular weight is 467 g/mol. The Hall–Kier alpha value is -2.36. The molecule has 2 saturated heterocycles. The molecule has 1 saturated carbocycles. The summed E-state index contributed by atoms with van der Waals surface area (Å²) in [6.07, 6.45) is 7.14. The molecule has 0 bridgehead atoms. The van der Waals surface area contributed by atoms with E-state index in [4.69, 9.17) is 0 Å². The Labute approximate surface area is 202 Å². The van der Waals surface area contributed by atoms with Crippen LogP contribution in [0.25, 0.3) is 0 Å². The van der Waals surface area contributed by atoms with Gasteiger partial charge in [-0.3, -0.25) is 19.5 Å². The first-order valence-electron chi connectivity index (χ1n) is 12.9. The number of piperidine rings is 1. The molecule has 9 heteroatoms. The summed E-state index contributed by atoms with van der Waals surface area (Å²) in [7, 11) is 1.71. The highest BCUT2D eigenvalue weighted by Gasteiger charge is 2.46. The Morgan fingerprint density at radius 1 is 1.03 bits per heavy atom. The van der Waals surface area contributed by atoms with Crippen LogP contribution in [0.1, 0.15) is 49.9 Å². The zero-order valence-corrected chi connectivity index (χ0v) is 20.4. The Morgan fingerprint density at radius 3 is 2.53 bits per heavy atom. The Balaban J connectivity index is 1.39. The van der Waals surface area contributed by atoms with Gasteiger partial charge in [-0.2, -0.15) is 0 Å². The van der Waals surface area contributed by atoms with Crippen molar-refractivity contribution < 1.29 is 4.79 Å². The molecule has 1 N–H and O–H groups in total. The summed E-state index contributed by atoms with van der Waals surface area (Å²) in [5.41, 5.74) is 1.00. The van der Waals surface area contributed by atoms with Crippen molar-refractivity contribution in [2.75, 3.05) is 52.9 Å². The van der Waals surface area contributed by atoms with Crippen molar-refractivity contribution >= 4 is 5.91 Å². The lowest BCUT2D eigenvalue weighted by molar-refractivity contribution is -0.122. The second-order valence-corrected chi connectivity index (χ2v) is 10.1. The van der Waals surface area contributed by atoms with Crippen molar-refractivity contribution in [1.82, 2.24) is 40.2 Å². The van der Waals surface area contributed by atoms with Gasteiger partial charge in [0.25, 0.3) is 0 Å². The Bertz CT molecular complexity index is 935. The SMILES string of the molecule is CNC(=O)CN1CCC(c2nnnn2Cc2ccccc2)(N2CCCN(C3CCC3)CC2)CC1. The maximum atomic E-state index is 12.0. The lowest BCUT2D eigenvalue weighted by Gasteiger charge is -2.47. The molecule has 1 aromatic heterocycles. The van der Waals surface area contributed by atoms with Gasteiger partial charge in [0.15, 0.2) is 5.82 Å². The first-order chi connectivity index (χ1) is 16.7. The molecule has 5 rings (SSSR count). The molecule has 0 unspecified atom stereocenters. The number of hydrogen-bond acceptors (Lipinski definition) is 7. The minimum atomic E-state index is -0.201. The monoisotopic (exact) mass is 466 g/mol. The van der Waals surface area contributed by atoms with Crippen molar-refractivity contribution in [3.8, 4) is 0 Å². The molecule has 34 heavy (non-hydrogen) atoms. The number of amides is 1. The molecule has 9 nitrogen and oxygen atoms in total. The summed E-state index contributed by atoms with van der Waals surface area (Å²) in [5, 5.41) is 16.0. The average Bonchev–Trinajstić information content (AvgIpc) is 3.16. The van der Waals surface area contributed by atoms with E-state index < -0.39 is 0 Å². The molecule has 1 aliphatic carbocycles. The summed E-state index contributed by atoms with van der Waals surface area (Å²) >= 11 is 0. The van der Waals surface area contributed by atoms with Gasteiger partial charge >= 0.3 is 0 Å². The highest BCUT2D eigenvalue weighted by atomic mass is 16.1. The standard InChI is InChI=1S/C25H38N8O/c1-26-23(34)20-30-15-11-25(12-16-30,32-14-6-13-31(17-18-32)22-9-5-10-22)24-27-28-29-33(24)19-21-7-3-2-4-8-21/h2-4,7-8,22H,5-6,9-20H2,1H3,(H,26,34). The van der Waals surface area contributed by atoms with E-state index in [1.54, 1.807) is 7.05 Å². The highest BCUT2D eigenvalue weighted by molar-refractivity contribution is 5.77. The van der Waals surface area contributed by atoms with Crippen LogP contribution in [0.4, 0.5) is 0 Å². The summed E-state index contributed by atoms with van der Waals surface area (Å²) in [6.45, 7) is 7.29. The van der Waals surface area contributed by atoms with Crippen LogP contribution in [0.2, 0.25) is 0 Å². The number of tetrazole rings is 1. The number of carbonyl (C=O) groups is 1. The van der Waals surface area contributed by atoms with E-state index in [1.807, 2.05) is 10.7 Å². The number of likely N-dealkylation sites (N-methyl/N-ethyl adjacent to an activating group) is 1. The van der Waals surface area contributed by atoms with Gasteiger partial charge in [-0.1, -0.05) is 36.8 Å². The quantitative estimate of drug-likeness (QED) is 0.659. The fraction of sp³-hybridized carbons (Fsp3) is 0.680. The van der Waals surface area contributed by atoms with E-state index in [0.717, 1.165) is 57.4 Å². The van der Waals surface area contributed by atoms with Gasteiger partial charge in [0.2, 0.25) is 5.91 Å². The Kier molecular flexibility index (Phi) is 7.22. The molecule has 0 radical (unpaired) electrons. The molecule has 2 aliphatic heterocycles. The van der Waals surface area contributed by atoms with E-state index in [1.165, 1.54) is 37.8 Å². The van der Waals surface area contributed by atoms with Crippen molar-refractivity contribution in [1.29, 1.82) is 0 Å². The number of nitrogens with one attached hydrogen (secondary N) is 1. The van der Waals surface area contributed by atoms with Crippen LogP contribution in [0.5, 0.6) is 0 Å². The second-order valence-electron chi connectivity index (χ2n) is 10.1. The third-order valence-electron chi connectivity index (χ3n) is 8.18. The van der Waals surface area contributed by atoms with E-state index in [0.29, 0.717) is 13.1 Å². The molecule has 3 fully saturated rings. The number of nitrogens with zero attached hydrogens (tertiary/aromatic N) is 7. The predicted molar refractivity (Wildman–Crippen MR) is 130 cm³/mol. The van der Waals surface area contributed by atoms with E-state index in [2.05, 4.69) is 59.8 Å². The molecule has 2 aromatic rings. The molecular formula is C25H38N8O. The molecule has 3 heterocycles. The number of aromatic nitrogens is 4. The van der Waals surface area contributed by atoms with Gasteiger partial charge in [0.1, 0.15) is 0 Å². The van der Waals surface area contributed by atoms with Gasteiger partial charge in [-0.25, -0.2) is 4.68 Å². The van der Waals surface area contributed by atoms with Crippen LogP contribution in [0.3, 0.4) is 0 Å². The number of hydrogen-bond donors (Lipinski definition) is 1. The largest absolute Gasteiger partial charge is 0.358 e. The van der Waals surface area contributed by atoms with Crippen molar-refractivity contribution in [3.05, 3.63) is 41.7 Å². The minimum Gasteiger partial charge on any atom is -0.358 e. The molecule has 1 aromatic carbocycles. The van der Waals surface area contributed by atoms with Crippen molar-refractivity contribution in [2.45, 2.75) is 56.7 Å². The summed E-state index contributed by atoms with van der Waals surface area (Å²) in [6, 6.07) is 11.2. The summed E-state index contributed by atoms with van der Waals surface area (Å²) < 4.78 is 2.01. The van der Waals surface area contributed by atoms with Crippen LogP contribution in [-0.4, -0.2) is 99.7 Å². The Morgan fingerprint density at radius 2 is 1.82 bits per heavy atom. The van der Waals surface area contributed by atoms with E-state index in [9.17, 15) is 4.79 Å². The molecule has 184 valence electrons. The van der Waals surface area contributed by atoms with E-state index in [-0.39, 0.29) is 11.4 Å². The molecular weight excluding hydrogens is 428 g/mol. The van der Waals surface area contributed by atoms with Gasteiger partial charge in [-0.15, -0.1) is 5.10 Å². The number of benzene rings is 1. The van der Waals surface area contributed by atoms with Gasteiger partial charge in [-0.05, 0) is 54.6 Å². The third-order valence-corrected chi connectivity index (χ3v) is 8.18. The zero-order chi connectivity index (χ0) is 23.4. The smallest absolute Gasteiger partial charge is 0.233 e. The molecule has 1 amide bonds. The topological polar surface area (TPSA) is 82.4 Å². The van der Waals surface area contributed by atoms with Crippen LogP contribution in [0.15, 0.2) is 30.3 Å². The van der Waals surface area contributed by atoms with Crippen LogP contribution in [0, 0.1) is 0 Å². The fourth-order valence-corrected chi connectivity index (χ4v) is 5.93. The minimum absolute atomic E-state index is 0.0762. The van der Waals surface area contributed by atoms with Gasteiger partial charge < -0.3 is 5.32 Å². The lowest BCUT2D eigenvalue weighted by Crippen LogP contribution is -2.56. The van der Waals surface area contributed by atoms with Crippen molar-refractivity contribution in [3.63, 3.8) is 0 Å². The first kappa shape index (κ1) is 23.4. The maximum absolute atomic E-state index is 12.0. The van der Waals surface area contributed by atoms with Gasteiger partial charge in [0, 0.05) is 45.8 Å². The third kappa shape index (κ3) is 4.87. The maximum Gasteiger partial charge on any atom is 0.233 e. The number of likely N-dealkylation sites (tertiary alicyclic amines) is 1. The van der Waals surface area contributed by atoms with Crippen molar-refractivity contribution in [2.24, 2.45) is 0 Å². The first-order valence-corrected chi connectivity index (χ1v) is 12.9. The number of rotatable bonds is 7. The molecule has 0 atom stereocenters.